The van der Waals surface area contributed by atoms with Crippen LogP contribution in [-0.4, -0.2) is 9.55 Å². The summed E-state index contributed by atoms with van der Waals surface area (Å²) in [5.41, 5.74) is 1.42. The Morgan fingerprint density at radius 2 is 2.28 bits per heavy atom. The van der Waals surface area contributed by atoms with Crippen molar-refractivity contribution in [3.8, 4) is 0 Å². The summed E-state index contributed by atoms with van der Waals surface area (Å²) >= 11 is 1.71. The monoisotopic (exact) mass is 262 g/mol. The van der Waals surface area contributed by atoms with Crippen molar-refractivity contribution in [1.82, 2.24) is 9.55 Å². The Labute approximate surface area is 110 Å². The topological polar surface area (TPSA) is 34.9 Å². The first-order chi connectivity index (χ1) is 8.58. The fraction of sp³-hybridized carbons (Fsp3) is 0.571. The molecule has 0 radical (unpaired) electrons. The van der Waals surface area contributed by atoms with Gasteiger partial charge in [0.15, 0.2) is 0 Å². The fourth-order valence-corrected chi connectivity index (χ4v) is 4.05. The number of fused-ring (bicyclic) bond motifs is 3. The predicted molar refractivity (Wildman–Crippen MR) is 75.5 cm³/mol. The molecule has 3 rings (SSSR count). The minimum absolute atomic E-state index is 0.141. The molecule has 2 heterocycles. The minimum atomic E-state index is 0.141. The highest BCUT2D eigenvalue weighted by Gasteiger charge is 2.23. The van der Waals surface area contributed by atoms with Crippen molar-refractivity contribution in [3.05, 3.63) is 27.1 Å². The van der Waals surface area contributed by atoms with Gasteiger partial charge in [-0.1, -0.05) is 6.92 Å². The molecule has 18 heavy (non-hydrogen) atoms. The van der Waals surface area contributed by atoms with E-state index in [0.717, 1.165) is 29.0 Å². The van der Waals surface area contributed by atoms with E-state index in [9.17, 15) is 4.79 Å². The molecule has 3 nitrogen and oxygen atoms in total. The van der Waals surface area contributed by atoms with Crippen molar-refractivity contribution >= 4 is 21.6 Å². The van der Waals surface area contributed by atoms with Crippen LogP contribution in [0.3, 0.4) is 0 Å². The SMILES string of the molecule is CC(C)n1cnc2sc3c(c2c1=O)CC[C@@H](C)C3. The van der Waals surface area contributed by atoms with Gasteiger partial charge < -0.3 is 0 Å². The molecule has 0 aromatic carbocycles. The standard InChI is InChI=1S/C14H18N2OS/c1-8(2)16-7-15-13-12(14(16)17)10-5-4-9(3)6-11(10)18-13/h7-9H,4-6H2,1-3H3/t9-/m1/s1. The largest absolute Gasteiger partial charge is 0.296 e. The van der Waals surface area contributed by atoms with Gasteiger partial charge >= 0.3 is 0 Å². The van der Waals surface area contributed by atoms with Crippen molar-refractivity contribution < 1.29 is 0 Å². The van der Waals surface area contributed by atoms with Gasteiger partial charge in [-0.2, -0.15) is 0 Å². The summed E-state index contributed by atoms with van der Waals surface area (Å²) in [5, 5.41) is 0.887. The third kappa shape index (κ3) is 1.70. The molecule has 2 aromatic heterocycles. The van der Waals surface area contributed by atoms with Crippen molar-refractivity contribution in [2.75, 3.05) is 0 Å². The maximum atomic E-state index is 12.5. The van der Waals surface area contributed by atoms with E-state index in [0.29, 0.717) is 0 Å². The second-order valence-electron chi connectivity index (χ2n) is 5.58. The van der Waals surface area contributed by atoms with E-state index in [-0.39, 0.29) is 11.6 Å². The second-order valence-corrected chi connectivity index (χ2v) is 6.67. The highest BCUT2D eigenvalue weighted by atomic mass is 32.1. The quantitative estimate of drug-likeness (QED) is 0.791. The molecule has 1 aliphatic carbocycles. The number of rotatable bonds is 1. The molecule has 0 amide bonds. The molecule has 0 saturated heterocycles. The van der Waals surface area contributed by atoms with Gasteiger partial charge in [0, 0.05) is 10.9 Å². The van der Waals surface area contributed by atoms with Crippen LogP contribution in [0.2, 0.25) is 0 Å². The van der Waals surface area contributed by atoms with Crippen molar-refractivity contribution in [1.29, 1.82) is 0 Å². The molecule has 0 fully saturated rings. The molecule has 0 unspecified atom stereocenters. The van der Waals surface area contributed by atoms with Gasteiger partial charge in [0.1, 0.15) is 4.83 Å². The zero-order chi connectivity index (χ0) is 12.9. The van der Waals surface area contributed by atoms with Crippen molar-refractivity contribution in [2.45, 2.75) is 46.1 Å². The zero-order valence-corrected chi connectivity index (χ0v) is 11.9. The van der Waals surface area contributed by atoms with Crippen molar-refractivity contribution in [2.24, 2.45) is 5.92 Å². The van der Waals surface area contributed by atoms with E-state index in [4.69, 9.17) is 0 Å². The first-order valence-corrected chi connectivity index (χ1v) is 7.41. The van der Waals surface area contributed by atoms with Crippen LogP contribution in [0.5, 0.6) is 0 Å². The first kappa shape index (κ1) is 11.9. The second kappa shape index (κ2) is 4.19. The van der Waals surface area contributed by atoms with Gasteiger partial charge in [0.25, 0.3) is 5.56 Å². The number of aromatic nitrogens is 2. The Morgan fingerprint density at radius 3 is 3.00 bits per heavy atom. The lowest BCUT2D eigenvalue weighted by Gasteiger charge is -2.17. The van der Waals surface area contributed by atoms with Crippen LogP contribution < -0.4 is 5.56 Å². The lowest BCUT2D eigenvalue weighted by Crippen LogP contribution is -2.23. The van der Waals surface area contributed by atoms with Crippen LogP contribution in [0.1, 0.15) is 43.7 Å². The molecule has 0 spiro atoms. The lowest BCUT2D eigenvalue weighted by molar-refractivity contribution is 0.508. The van der Waals surface area contributed by atoms with Gasteiger partial charge in [0.2, 0.25) is 0 Å². The molecular weight excluding hydrogens is 244 g/mol. The number of hydrogen-bond donors (Lipinski definition) is 0. The Hall–Kier alpha value is -1.16. The third-order valence-electron chi connectivity index (χ3n) is 3.80. The summed E-state index contributed by atoms with van der Waals surface area (Å²) in [6.45, 7) is 6.33. The normalized spacial score (nSPS) is 19.4. The summed E-state index contributed by atoms with van der Waals surface area (Å²) in [4.78, 5) is 19.3. The Morgan fingerprint density at radius 1 is 1.50 bits per heavy atom. The summed E-state index contributed by atoms with van der Waals surface area (Å²) in [6, 6.07) is 0.174. The molecule has 1 aliphatic rings. The number of nitrogens with zero attached hydrogens (tertiary/aromatic N) is 2. The predicted octanol–water partition coefficient (Wildman–Crippen LogP) is 3.16. The van der Waals surface area contributed by atoms with Crippen LogP contribution >= 0.6 is 11.3 Å². The number of aryl methyl sites for hydroxylation is 1. The molecule has 0 bridgehead atoms. The van der Waals surface area contributed by atoms with E-state index in [1.807, 2.05) is 13.8 Å². The lowest BCUT2D eigenvalue weighted by atomic mass is 9.89. The Kier molecular flexibility index (Phi) is 2.77. The van der Waals surface area contributed by atoms with Gasteiger partial charge in [-0.25, -0.2) is 4.98 Å². The molecule has 4 heteroatoms. The van der Waals surface area contributed by atoms with E-state index in [1.54, 1.807) is 22.2 Å². The minimum Gasteiger partial charge on any atom is -0.296 e. The molecule has 0 saturated carbocycles. The maximum Gasteiger partial charge on any atom is 0.262 e. The molecule has 0 N–H and O–H groups in total. The van der Waals surface area contributed by atoms with Gasteiger partial charge in [-0.3, -0.25) is 9.36 Å². The molecular formula is C14H18N2OS. The van der Waals surface area contributed by atoms with Crippen LogP contribution in [-0.2, 0) is 12.8 Å². The summed E-state index contributed by atoms with van der Waals surface area (Å²) in [6.07, 6.45) is 5.03. The summed E-state index contributed by atoms with van der Waals surface area (Å²) in [7, 11) is 0. The molecule has 0 aliphatic heterocycles. The van der Waals surface area contributed by atoms with E-state index in [1.165, 1.54) is 16.9 Å². The fourth-order valence-electron chi connectivity index (χ4n) is 2.71. The van der Waals surface area contributed by atoms with Gasteiger partial charge in [-0.05, 0) is 44.6 Å². The smallest absolute Gasteiger partial charge is 0.262 e. The van der Waals surface area contributed by atoms with Gasteiger partial charge in [0.05, 0.1) is 11.7 Å². The van der Waals surface area contributed by atoms with Crippen LogP contribution in [0.25, 0.3) is 10.2 Å². The van der Waals surface area contributed by atoms with E-state index in [2.05, 4.69) is 11.9 Å². The maximum absolute atomic E-state index is 12.5. The first-order valence-electron chi connectivity index (χ1n) is 6.59. The summed E-state index contributed by atoms with van der Waals surface area (Å²) < 4.78 is 1.74. The Bertz CT molecular complexity index is 654. The summed E-state index contributed by atoms with van der Waals surface area (Å²) in [5.74, 6) is 0.734. The average Bonchev–Trinajstić information content (AvgIpc) is 2.66. The molecule has 2 aromatic rings. The number of hydrogen-bond acceptors (Lipinski definition) is 3. The van der Waals surface area contributed by atoms with Crippen LogP contribution in [0.15, 0.2) is 11.1 Å². The molecule has 96 valence electrons. The van der Waals surface area contributed by atoms with Crippen LogP contribution in [0, 0.1) is 5.92 Å². The zero-order valence-electron chi connectivity index (χ0n) is 11.1. The van der Waals surface area contributed by atoms with Gasteiger partial charge in [-0.15, -0.1) is 11.3 Å². The highest BCUT2D eigenvalue weighted by Crippen LogP contribution is 2.35. The molecule has 1 atom stereocenters. The van der Waals surface area contributed by atoms with E-state index >= 15 is 0 Å². The van der Waals surface area contributed by atoms with Crippen molar-refractivity contribution in [3.63, 3.8) is 0 Å². The average molecular weight is 262 g/mol. The van der Waals surface area contributed by atoms with Crippen LogP contribution in [0.4, 0.5) is 0 Å². The van der Waals surface area contributed by atoms with E-state index < -0.39 is 0 Å². The Balaban J connectivity index is 2.28. The number of thiophene rings is 1. The third-order valence-corrected chi connectivity index (χ3v) is 4.96. The highest BCUT2D eigenvalue weighted by molar-refractivity contribution is 7.18.